The number of carbonyl (C=O) groups is 3. The van der Waals surface area contributed by atoms with Crippen molar-refractivity contribution in [3.63, 3.8) is 0 Å². The van der Waals surface area contributed by atoms with E-state index in [4.69, 9.17) is 4.74 Å². The van der Waals surface area contributed by atoms with E-state index in [1.807, 2.05) is 47.4 Å². The number of hydrogen-bond acceptors (Lipinski definition) is 5. The molecule has 1 aliphatic heterocycles. The maximum Gasteiger partial charge on any atom is 0.337 e. The van der Waals surface area contributed by atoms with Crippen molar-refractivity contribution in [2.45, 2.75) is 31.8 Å². The van der Waals surface area contributed by atoms with Crippen LogP contribution >= 0.6 is 0 Å². The molecule has 0 spiro atoms. The molecule has 2 atom stereocenters. The third-order valence-corrected chi connectivity index (χ3v) is 8.13. The highest BCUT2D eigenvalue weighted by Crippen LogP contribution is 2.47. The van der Waals surface area contributed by atoms with E-state index in [0.29, 0.717) is 37.2 Å². The van der Waals surface area contributed by atoms with Gasteiger partial charge in [0.15, 0.2) is 0 Å². The average Bonchev–Trinajstić information content (AvgIpc) is 3.85. The molecule has 206 valence electrons. The van der Waals surface area contributed by atoms with Crippen LogP contribution in [0, 0.1) is 5.92 Å². The number of carbonyl (C=O) groups excluding carboxylic acids is 3. The monoisotopic (exact) mass is 545 g/mol. The molecule has 1 saturated carbocycles. The van der Waals surface area contributed by atoms with E-state index in [0.717, 1.165) is 34.2 Å². The fraction of sp³-hybridized carbons (Fsp3) is 0.235. The molecule has 0 saturated heterocycles. The second-order valence-electron chi connectivity index (χ2n) is 10.6. The van der Waals surface area contributed by atoms with Crippen LogP contribution in [0.4, 0.5) is 0 Å². The molecule has 41 heavy (non-hydrogen) atoms. The number of hydrogen-bond donors (Lipinski definition) is 1. The van der Waals surface area contributed by atoms with Crippen molar-refractivity contribution in [3.8, 4) is 11.1 Å². The molecule has 1 N–H and O–H groups in total. The number of fused-ring (bicyclic) bond motifs is 1. The number of ether oxygens (including phenoxy) is 1. The Morgan fingerprint density at radius 2 is 1.73 bits per heavy atom. The third-order valence-electron chi connectivity index (χ3n) is 8.13. The van der Waals surface area contributed by atoms with Gasteiger partial charge in [0.05, 0.1) is 12.7 Å². The first kappa shape index (κ1) is 26.4. The number of methoxy groups -OCH3 is 1. The van der Waals surface area contributed by atoms with Gasteiger partial charge < -0.3 is 15.0 Å². The van der Waals surface area contributed by atoms with Gasteiger partial charge in [-0.15, -0.1) is 0 Å². The van der Waals surface area contributed by atoms with Gasteiger partial charge in [-0.25, -0.2) is 4.79 Å². The van der Waals surface area contributed by atoms with Crippen LogP contribution in [0.2, 0.25) is 0 Å². The fourth-order valence-corrected chi connectivity index (χ4v) is 5.83. The largest absolute Gasteiger partial charge is 0.465 e. The van der Waals surface area contributed by atoms with Gasteiger partial charge in [-0.1, -0.05) is 54.6 Å². The molecule has 3 aromatic carbocycles. The Hall–Kier alpha value is -4.78. The summed E-state index contributed by atoms with van der Waals surface area (Å²) in [6, 6.07) is 25.1. The molecule has 1 aliphatic carbocycles. The molecule has 2 aliphatic rings. The SMILES string of the molecule is COC(=O)c1cccc(-c2ccc(CNC(=O)[C@H]3C[C@H]3c3ccccc3)c3c2CCN(C(=O)c2ccncc2)C3)c1. The highest BCUT2D eigenvalue weighted by Gasteiger charge is 2.43. The van der Waals surface area contributed by atoms with E-state index in [9.17, 15) is 14.4 Å². The zero-order valence-corrected chi connectivity index (χ0v) is 22.9. The standard InChI is InChI=1S/C34H31N3O4/c1-41-34(40)25-9-5-8-24(18-25)27-11-10-26(20-36-32(38)30-19-29(30)22-6-3-2-4-7-22)31-21-37(17-14-28(27)31)33(39)23-12-15-35-16-13-23/h2-13,15-16,18,29-30H,14,17,19-21H2,1H3,(H,36,38)/t29-,30-/m0/s1. The zero-order chi connectivity index (χ0) is 28.3. The van der Waals surface area contributed by atoms with Gasteiger partial charge in [-0.3, -0.25) is 14.6 Å². The average molecular weight is 546 g/mol. The van der Waals surface area contributed by atoms with Crippen LogP contribution in [0.1, 0.15) is 55.3 Å². The van der Waals surface area contributed by atoms with Crippen LogP contribution in [0.25, 0.3) is 11.1 Å². The van der Waals surface area contributed by atoms with Gasteiger partial charge in [0.1, 0.15) is 0 Å². The number of amides is 2. The molecule has 1 fully saturated rings. The molecular formula is C34H31N3O4. The fourth-order valence-electron chi connectivity index (χ4n) is 5.83. The van der Waals surface area contributed by atoms with Crippen LogP contribution in [0.15, 0.2) is 91.3 Å². The first-order valence-electron chi connectivity index (χ1n) is 13.9. The Morgan fingerprint density at radius 1 is 0.927 bits per heavy atom. The molecule has 0 bridgehead atoms. The molecule has 4 aromatic rings. The molecule has 7 heteroatoms. The molecule has 6 rings (SSSR count). The maximum absolute atomic E-state index is 13.3. The van der Waals surface area contributed by atoms with Gasteiger partial charge >= 0.3 is 5.97 Å². The minimum absolute atomic E-state index is 0.0154. The highest BCUT2D eigenvalue weighted by atomic mass is 16.5. The first-order valence-corrected chi connectivity index (χ1v) is 13.9. The van der Waals surface area contributed by atoms with E-state index < -0.39 is 0 Å². The van der Waals surface area contributed by atoms with Gasteiger partial charge in [-0.2, -0.15) is 0 Å². The lowest BCUT2D eigenvalue weighted by Gasteiger charge is -2.32. The predicted molar refractivity (Wildman–Crippen MR) is 155 cm³/mol. The quantitative estimate of drug-likeness (QED) is 0.325. The Labute approximate surface area is 239 Å². The second-order valence-corrected chi connectivity index (χ2v) is 10.6. The smallest absolute Gasteiger partial charge is 0.337 e. The van der Waals surface area contributed by atoms with E-state index in [1.54, 1.807) is 30.6 Å². The first-order chi connectivity index (χ1) is 20.0. The van der Waals surface area contributed by atoms with Crippen LogP contribution in [-0.2, 0) is 29.0 Å². The van der Waals surface area contributed by atoms with Gasteiger partial charge in [0.2, 0.25) is 5.91 Å². The van der Waals surface area contributed by atoms with Crippen molar-refractivity contribution in [1.29, 1.82) is 0 Å². The van der Waals surface area contributed by atoms with E-state index >= 15 is 0 Å². The van der Waals surface area contributed by atoms with Crippen LogP contribution in [0.3, 0.4) is 0 Å². The van der Waals surface area contributed by atoms with Crippen molar-refractivity contribution in [2.24, 2.45) is 5.92 Å². The number of benzene rings is 3. The zero-order valence-electron chi connectivity index (χ0n) is 22.9. The van der Waals surface area contributed by atoms with Crippen molar-refractivity contribution in [3.05, 3.63) is 125 Å². The van der Waals surface area contributed by atoms with Crippen molar-refractivity contribution in [1.82, 2.24) is 15.2 Å². The van der Waals surface area contributed by atoms with Crippen molar-refractivity contribution >= 4 is 17.8 Å². The molecule has 1 aromatic heterocycles. The van der Waals surface area contributed by atoms with Crippen molar-refractivity contribution in [2.75, 3.05) is 13.7 Å². The van der Waals surface area contributed by atoms with Gasteiger partial charge in [0.25, 0.3) is 5.91 Å². The highest BCUT2D eigenvalue weighted by molar-refractivity contribution is 5.94. The molecule has 2 amide bonds. The van der Waals surface area contributed by atoms with Gasteiger partial charge in [0, 0.05) is 43.5 Å². The summed E-state index contributed by atoms with van der Waals surface area (Å²) in [4.78, 5) is 44.5. The lowest BCUT2D eigenvalue weighted by Crippen LogP contribution is -2.37. The van der Waals surface area contributed by atoms with E-state index in [2.05, 4.69) is 28.5 Å². The number of pyridine rings is 1. The molecule has 2 heterocycles. The summed E-state index contributed by atoms with van der Waals surface area (Å²) in [5, 5.41) is 3.17. The topological polar surface area (TPSA) is 88.6 Å². The summed E-state index contributed by atoms with van der Waals surface area (Å²) < 4.78 is 4.93. The molecule has 0 radical (unpaired) electrons. The number of nitrogens with one attached hydrogen (secondary N) is 1. The van der Waals surface area contributed by atoms with Crippen molar-refractivity contribution < 1.29 is 19.1 Å². The lowest BCUT2D eigenvalue weighted by molar-refractivity contribution is -0.122. The molecule has 7 nitrogen and oxygen atoms in total. The summed E-state index contributed by atoms with van der Waals surface area (Å²) in [5.41, 5.74) is 7.37. The van der Waals surface area contributed by atoms with Crippen LogP contribution in [0.5, 0.6) is 0 Å². The summed E-state index contributed by atoms with van der Waals surface area (Å²) in [6.07, 6.45) is 4.76. The summed E-state index contributed by atoms with van der Waals surface area (Å²) in [6.45, 7) is 1.38. The van der Waals surface area contributed by atoms with Gasteiger partial charge in [-0.05, 0) is 76.4 Å². The predicted octanol–water partition coefficient (Wildman–Crippen LogP) is 5.15. The van der Waals surface area contributed by atoms with Crippen LogP contribution < -0.4 is 5.32 Å². The summed E-state index contributed by atoms with van der Waals surface area (Å²) in [7, 11) is 1.37. The van der Waals surface area contributed by atoms with E-state index in [1.165, 1.54) is 12.7 Å². The summed E-state index contributed by atoms with van der Waals surface area (Å²) in [5.74, 6) is -0.123. The number of aromatic nitrogens is 1. The second kappa shape index (κ2) is 11.4. The maximum atomic E-state index is 13.3. The molecule has 0 unspecified atom stereocenters. The minimum atomic E-state index is -0.386. The Balaban J connectivity index is 1.28. The van der Waals surface area contributed by atoms with E-state index in [-0.39, 0.29) is 29.6 Å². The number of nitrogens with zero attached hydrogens (tertiary/aromatic N) is 2. The number of esters is 1. The van der Waals surface area contributed by atoms with Crippen LogP contribution in [-0.4, -0.2) is 41.3 Å². The normalized spacial score (nSPS) is 17.3. The minimum Gasteiger partial charge on any atom is -0.465 e. The Morgan fingerprint density at radius 3 is 2.51 bits per heavy atom. The lowest BCUT2D eigenvalue weighted by atomic mass is 9.87. The Kier molecular flexibility index (Phi) is 7.33. The number of rotatable bonds is 7. The third kappa shape index (κ3) is 5.48. The molecular weight excluding hydrogens is 514 g/mol. The Bertz CT molecular complexity index is 1600. The summed E-state index contributed by atoms with van der Waals surface area (Å²) >= 11 is 0.